The first kappa shape index (κ1) is 15.6. The van der Waals surface area contributed by atoms with Crippen molar-refractivity contribution in [1.29, 1.82) is 5.26 Å². The summed E-state index contributed by atoms with van der Waals surface area (Å²) in [6.07, 6.45) is 8.09. The molecule has 1 atom stereocenters. The van der Waals surface area contributed by atoms with Gasteiger partial charge in [-0.05, 0) is 31.0 Å². The van der Waals surface area contributed by atoms with Crippen LogP contribution < -0.4 is 0 Å². The molecule has 0 bridgehead atoms. The number of nitriles is 1. The highest BCUT2D eigenvalue weighted by atomic mass is 28.4. The van der Waals surface area contributed by atoms with E-state index in [0.717, 1.165) is 31.0 Å². The molecule has 1 saturated heterocycles. The van der Waals surface area contributed by atoms with Gasteiger partial charge in [-0.15, -0.1) is 6.42 Å². The smallest absolute Gasteiger partial charge is 0.194 e. The highest BCUT2D eigenvalue weighted by Crippen LogP contribution is 2.55. The summed E-state index contributed by atoms with van der Waals surface area (Å²) in [5.41, 5.74) is -1.34. The lowest BCUT2D eigenvalue weighted by Gasteiger charge is -2.52. The zero-order valence-corrected chi connectivity index (χ0v) is 13.9. The summed E-state index contributed by atoms with van der Waals surface area (Å²) in [6.45, 7) is 7.44. The number of nitrogens with zero attached hydrogens (tertiary/aromatic N) is 1. The average molecular weight is 291 g/mol. The van der Waals surface area contributed by atoms with Gasteiger partial charge >= 0.3 is 0 Å². The van der Waals surface area contributed by atoms with Crippen LogP contribution >= 0.6 is 0 Å². The van der Waals surface area contributed by atoms with Crippen LogP contribution in [-0.4, -0.2) is 27.1 Å². The van der Waals surface area contributed by atoms with Crippen molar-refractivity contribution in [2.24, 2.45) is 11.3 Å². The Balaban J connectivity index is 2.39. The first-order valence-corrected chi connectivity index (χ1v) is 10.3. The van der Waals surface area contributed by atoms with Gasteiger partial charge in [0.2, 0.25) is 0 Å². The summed E-state index contributed by atoms with van der Waals surface area (Å²) >= 11 is 0. The molecule has 1 saturated carbocycles. The maximum atomic E-state index is 9.70. The van der Waals surface area contributed by atoms with Crippen molar-refractivity contribution < 1.29 is 9.16 Å². The van der Waals surface area contributed by atoms with E-state index in [-0.39, 0.29) is 0 Å². The van der Waals surface area contributed by atoms with Crippen LogP contribution in [-0.2, 0) is 9.16 Å². The Morgan fingerprint density at radius 3 is 2.10 bits per heavy atom. The van der Waals surface area contributed by atoms with Gasteiger partial charge < -0.3 is 9.16 Å². The SMILES string of the molecule is C#C[C@](O[Si](CC)(CC)CC)(C1CC1)C1(C#N)COC1. The molecule has 0 unspecified atom stereocenters. The second-order valence-electron chi connectivity index (χ2n) is 6.19. The maximum Gasteiger partial charge on any atom is 0.194 e. The Morgan fingerprint density at radius 1 is 1.30 bits per heavy atom. The lowest BCUT2D eigenvalue weighted by Crippen LogP contribution is -2.64. The minimum atomic E-state index is -1.85. The lowest BCUT2D eigenvalue weighted by molar-refractivity contribution is -0.167. The molecule has 20 heavy (non-hydrogen) atoms. The second kappa shape index (κ2) is 5.52. The molecule has 0 radical (unpaired) electrons. The number of terminal acetylenes is 1. The molecule has 2 fully saturated rings. The molecule has 0 aromatic rings. The summed E-state index contributed by atoms with van der Waals surface area (Å²) in [4.78, 5) is 0. The molecule has 1 aliphatic carbocycles. The van der Waals surface area contributed by atoms with Crippen LogP contribution in [0.5, 0.6) is 0 Å². The van der Waals surface area contributed by atoms with Crippen LogP contribution in [0.1, 0.15) is 33.6 Å². The van der Waals surface area contributed by atoms with Gasteiger partial charge in [0.15, 0.2) is 8.32 Å². The lowest BCUT2D eigenvalue weighted by atomic mass is 9.69. The van der Waals surface area contributed by atoms with Gasteiger partial charge in [0.05, 0.1) is 19.3 Å². The number of hydrogen-bond acceptors (Lipinski definition) is 3. The van der Waals surface area contributed by atoms with Gasteiger partial charge in [0.1, 0.15) is 11.0 Å². The van der Waals surface area contributed by atoms with Crippen LogP contribution in [0.15, 0.2) is 0 Å². The number of rotatable bonds is 7. The standard InChI is InChI=1S/C16H25NO2Si/c1-5-16(14-9-10-14,15(11-17)12-18-13-15)19-20(6-2,7-3)8-4/h1,14H,6-10,12-13H2,2-4H3/t16-/m0/s1. The molecule has 0 aromatic carbocycles. The zero-order chi connectivity index (χ0) is 14.9. The second-order valence-corrected chi connectivity index (χ2v) is 10.9. The summed E-state index contributed by atoms with van der Waals surface area (Å²) in [6, 6.07) is 5.61. The Labute approximate surface area is 123 Å². The summed E-state index contributed by atoms with van der Waals surface area (Å²) in [5.74, 6) is 3.28. The third-order valence-electron chi connectivity index (χ3n) is 5.30. The molecule has 1 aliphatic heterocycles. The van der Waals surface area contributed by atoms with Gasteiger partial charge in [0.25, 0.3) is 0 Å². The Bertz CT molecular complexity index is 430. The van der Waals surface area contributed by atoms with E-state index in [1.54, 1.807) is 0 Å². The first-order chi connectivity index (χ1) is 9.57. The fourth-order valence-corrected chi connectivity index (χ4v) is 6.36. The Morgan fingerprint density at radius 2 is 1.85 bits per heavy atom. The minimum Gasteiger partial charge on any atom is -0.399 e. The molecule has 110 valence electrons. The number of ether oxygens (including phenoxy) is 1. The molecule has 3 nitrogen and oxygen atoms in total. The predicted octanol–water partition coefficient (Wildman–Crippen LogP) is 3.33. The molecule has 1 heterocycles. The third kappa shape index (κ3) is 2.11. The van der Waals surface area contributed by atoms with Crippen molar-refractivity contribution >= 4 is 8.32 Å². The van der Waals surface area contributed by atoms with E-state index in [1.807, 2.05) is 0 Å². The fourth-order valence-electron chi connectivity index (χ4n) is 3.32. The van der Waals surface area contributed by atoms with Crippen molar-refractivity contribution in [3.63, 3.8) is 0 Å². The summed E-state index contributed by atoms with van der Waals surface area (Å²) in [5, 5.41) is 9.70. The minimum absolute atomic E-state index is 0.340. The predicted molar refractivity (Wildman–Crippen MR) is 81.4 cm³/mol. The largest absolute Gasteiger partial charge is 0.399 e. The van der Waals surface area contributed by atoms with E-state index in [1.165, 1.54) is 0 Å². The van der Waals surface area contributed by atoms with Gasteiger partial charge in [0, 0.05) is 5.92 Å². The van der Waals surface area contributed by atoms with Crippen molar-refractivity contribution in [2.75, 3.05) is 13.2 Å². The topological polar surface area (TPSA) is 42.2 Å². The van der Waals surface area contributed by atoms with E-state index in [9.17, 15) is 5.26 Å². The zero-order valence-electron chi connectivity index (χ0n) is 12.9. The Kier molecular flexibility index (Phi) is 4.30. The quantitative estimate of drug-likeness (QED) is 0.534. The van der Waals surface area contributed by atoms with Crippen LogP contribution in [0.2, 0.25) is 18.1 Å². The molecule has 0 N–H and O–H groups in total. The molecule has 0 spiro atoms. The van der Waals surface area contributed by atoms with E-state index in [4.69, 9.17) is 15.6 Å². The molecular weight excluding hydrogens is 266 g/mol. The van der Waals surface area contributed by atoms with Crippen molar-refractivity contribution in [1.82, 2.24) is 0 Å². The summed E-state index contributed by atoms with van der Waals surface area (Å²) < 4.78 is 12.1. The fraction of sp³-hybridized carbons (Fsp3) is 0.812. The van der Waals surface area contributed by atoms with Crippen molar-refractivity contribution in [2.45, 2.75) is 57.3 Å². The van der Waals surface area contributed by atoms with Crippen molar-refractivity contribution in [3.8, 4) is 18.4 Å². The van der Waals surface area contributed by atoms with E-state index >= 15 is 0 Å². The molecule has 0 aromatic heterocycles. The van der Waals surface area contributed by atoms with Crippen molar-refractivity contribution in [3.05, 3.63) is 0 Å². The van der Waals surface area contributed by atoms with E-state index in [0.29, 0.717) is 19.1 Å². The van der Waals surface area contributed by atoms with Gasteiger partial charge in [-0.25, -0.2) is 0 Å². The van der Waals surface area contributed by atoms with E-state index < -0.39 is 19.3 Å². The third-order valence-corrected chi connectivity index (χ3v) is 9.92. The molecule has 2 rings (SSSR count). The Hall–Kier alpha value is -0.813. The van der Waals surface area contributed by atoms with Crippen LogP contribution in [0.3, 0.4) is 0 Å². The van der Waals surface area contributed by atoms with Crippen LogP contribution in [0.25, 0.3) is 0 Å². The van der Waals surface area contributed by atoms with Gasteiger partial charge in [-0.2, -0.15) is 5.26 Å². The maximum absolute atomic E-state index is 9.70. The molecule has 0 amide bonds. The normalized spacial score (nSPS) is 24.1. The van der Waals surface area contributed by atoms with Crippen LogP contribution in [0, 0.1) is 35.0 Å². The summed E-state index contributed by atoms with van der Waals surface area (Å²) in [7, 11) is -1.85. The van der Waals surface area contributed by atoms with E-state index in [2.05, 4.69) is 32.8 Å². The molecular formula is C16H25NO2Si. The molecule has 4 heteroatoms. The highest BCUT2D eigenvalue weighted by molar-refractivity contribution is 6.73. The first-order valence-electron chi connectivity index (χ1n) is 7.74. The monoisotopic (exact) mass is 291 g/mol. The molecule has 2 aliphatic rings. The van der Waals surface area contributed by atoms with Gasteiger partial charge in [-0.1, -0.05) is 26.7 Å². The van der Waals surface area contributed by atoms with Crippen LogP contribution in [0.4, 0.5) is 0 Å². The van der Waals surface area contributed by atoms with Gasteiger partial charge in [-0.3, -0.25) is 0 Å². The number of hydrogen-bond donors (Lipinski definition) is 0. The highest BCUT2D eigenvalue weighted by Gasteiger charge is 2.65. The average Bonchev–Trinajstić information content (AvgIpc) is 3.27.